The summed E-state index contributed by atoms with van der Waals surface area (Å²) in [6, 6.07) is 3.41. The second-order valence-corrected chi connectivity index (χ2v) is 5.74. The van der Waals surface area contributed by atoms with Crippen molar-refractivity contribution in [1.29, 1.82) is 0 Å². The third-order valence-electron chi connectivity index (χ3n) is 2.61. The molecule has 0 saturated carbocycles. The second kappa shape index (κ2) is 4.85. The molecule has 9 heteroatoms. The zero-order valence-corrected chi connectivity index (χ0v) is 11.2. The number of aromatic nitrogens is 2. The number of carboxylic acids is 1. The number of carbonyl (C=O) groups is 1. The van der Waals surface area contributed by atoms with Crippen LogP contribution in [0.25, 0.3) is 0 Å². The summed E-state index contributed by atoms with van der Waals surface area (Å²) in [7, 11) is -3.92. The van der Waals surface area contributed by atoms with Crippen LogP contribution in [-0.2, 0) is 10.0 Å². The molecule has 0 aliphatic rings. The molecule has 1 aromatic carbocycles. The highest BCUT2D eigenvalue weighted by Crippen LogP contribution is 2.23. The zero-order valence-electron chi connectivity index (χ0n) is 10.4. The number of nitrogens with one attached hydrogen (secondary N) is 2. The van der Waals surface area contributed by atoms with Crippen molar-refractivity contribution in [2.45, 2.75) is 11.8 Å². The summed E-state index contributed by atoms with van der Waals surface area (Å²) in [5.41, 5.74) is 6.00. The third kappa shape index (κ3) is 2.57. The van der Waals surface area contributed by atoms with Crippen LogP contribution in [0.3, 0.4) is 0 Å². The molecule has 0 aliphatic heterocycles. The lowest BCUT2D eigenvalue weighted by Crippen LogP contribution is -2.16. The smallest absolute Gasteiger partial charge is 0.335 e. The van der Waals surface area contributed by atoms with Crippen LogP contribution in [0.15, 0.2) is 29.3 Å². The van der Waals surface area contributed by atoms with Gasteiger partial charge in [0.15, 0.2) is 0 Å². The molecular weight excluding hydrogens is 284 g/mol. The first-order chi connectivity index (χ1) is 9.31. The van der Waals surface area contributed by atoms with Gasteiger partial charge < -0.3 is 10.8 Å². The molecule has 20 heavy (non-hydrogen) atoms. The fraction of sp³-hybridized carbons (Fsp3) is 0.0909. The van der Waals surface area contributed by atoms with Gasteiger partial charge in [-0.3, -0.25) is 9.82 Å². The topological polar surface area (TPSA) is 138 Å². The number of nitrogens with zero attached hydrogens (tertiary/aromatic N) is 1. The molecule has 0 atom stereocenters. The molecule has 0 amide bonds. The fourth-order valence-corrected chi connectivity index (χ4v) is 2.77. The van der Waals surface area contributed by atoms with E-state index in [2.05, 4.69) is 14.9 Å². The number of nitrogen functional groups attached to an aromatic ring is 1. The summed E-state index contributed by atoms with van der Waals surface area (Å²) in [6.45, 7) is 1.68. The predicted octanol–water partition coefficient (Wildman–Crippen LogP) is 0.799. The minimum atomic E-state index is -3.92. The van der Waals surface area contributed by atoms with Gasteiger partial charge in [0, 0.05) is 5.56 Å². The van der Waals surface area contributed by atoms with Crippen LogP contribution in [0.1, 0.15) is 15.9 Å². The lowest BCUT2D eigenvalue weighted by Gasteiger charge is -2.09. The second-order valence-electron chi connectivity index (χ2n) is 4.09. The summed E-state index contributed by atoms with van der Waals surface area (Å²) in [5.74, 6) is -0.954. The first-order valence-electron chi connectivity index (χ1n) is 5.47. The number of aryl methyl sites for hydroxylation is 1. The molecule has 2 aromatic rings. The van der Waals surface area contributed by atoms with E-state index in [1.807, 2.05) is 0 Å². The molecule has 0 radical (unpaired) electrons. The minimum absolute atomic E-state index is 0.0841. The van der Waals surface area contributed by atoms with Gasteiger partial charge in [0.1, 0.15) is 10.7 Å². The SMILES string of the molecule is Cc1cn[nH]c1NS(=O)(=O)c1ccc(C(=O)O)cc1N. The van der Waals surface area contributed by atoms with Crippen LogP contribution >= 0.6 is 0 Å². The highest BCUT2D eigenvalue weighted by molar-refractivity contribution is 7.92. The normalized spacial score (nSPS) is 11.2. The van der Waals surface area contributed by atoms with Gasteiger partial charge in [-0.05, 0) is 25.1 Å². The quantitative estimate of drug-likeness (QED) is 0.615. The number of hydrogen-bond acceptors (Lipinski definition) is 5. The van der Waals surface area contributed by atoms with Crippen LogP contribution < -0.4 is 10.5 Å². The number of nitrogens with two attached hydrogens (primary N) is 1. The average molecular weight is 296 g/mol. The molecule has 0 fully saturated rings. The van der Waals surface area contributed by atoms with E-state index < -0.39 is 16.0 Å². The summed E-state index contributed by atoms with van der Waals surface area (Å²) < 4.78 is 26.6. The van der Waals surface area contributed by atoms with Crippen LogP contribution in [0, 0.1) is 6.92 Å². The fourth-order valence-electron chi connectivity index (χ4n) is 1.57. The highest BCUT2D eigenvalue weighted by Gasteiger charge is 2.20. The molecule has 5 N–H and O–H groups in total. The first kappa shape index (κ1) is 13.9. The monoisotopic (exact) mass is 296 g/mol. The van der Waals surface area contributed by atoms with Gasteiger partial charge in [-0.25, -0.2) is 13.2 Å². The van der Waals surface area contributed by atoms with E-state index in [1.54, 1.807) is 6.92 Å². The lowest BCUT2D eigenvalue weighted by atomic mass is 10.2. The molecule has 2 rings (SSSR count). The van der Waals surface area contributed by atoms with Gasteiger partial charge in [0.2, 0.25) is 0 Å². The van der Waals surface area contributed by atoms with Crippen molar-refractivity contribution in [3.8, 4) is 0 Å². The van der Waals surface area contributed by atoms with Crippen molar-refractivity contribution in [2.24, 2.45) is 0 Å². The van der Waals surface area contributed by atoms with Gasteiger partial charge in [-0.15, -0.1) is 0 Å². The Morgan fingerprint density at radius 3 is 2.65 bits per heavy atom. The minimum Gasteiger partial charge on any atom is -0.478 e. The number of aromatic amines is 1. The van der Waals surface area contributed by atoms with Gasteiger partial charge >= 0.3 is 5.97 Å². The molecule has 0 bridgehead atoms. The van der Waals surface area contributed by atoms with Gasteiger partial charge in [-0.1, -0.05) is 0 Å². The van der Waals surface area contributed by atoms with E-state index in [0.29, 0.717) is 5.56 Å². The Morgan fingerprint density at radius 2 is 2.15 bits per heavy atom. The predicted molar refractivity (Wildman–Crippen MR) is 71.9 cm³/mol. The van der Waals surface area contributed by atoms with Gasteiger partial charge in [-0.2, -0.15) is 5.10 Å². The number of aromatic carboxylic acids is 1. The molecule has 0 aliphatic carbocycles. The van der Waals surface area contributed by atoms with Crippen molar-refractivity contribution in [2.75, 3.05) is 10.5 Å². The Labute approximate surface area is 114 Å². The number of carboxylic acid groups (broad SMARTS) is 1. The Kier molecular flexibility index (Phi) is 3.36. The molecule has 1 heterocycles. The van der Waals surface area contributed by atoms with Crippen LogP contribution in [0.2, 0.25) is 0 Å². The molecule has 0 saturated heterocycles. The number of sulfonamides is 1. The number of benzene rings is 1. The van der Waals surface area contributed by atoms with Gasteiger partial charge in [0.25, 0.3) is 10.0 Å². The largest absolute Gasteiger partial charge is 0.478 e. The van der Waals surface area contributed by atoms with Crippen LogP contribution in [0.4, 0.5) is 11.5 Å². The van der Waals surface area contributed by atoms with E-state index in [0.717, 1.165) is 12.1 Å². The summed E-state index contributed by atoms with van der Waals surface area (Å²) in [4.78, 5) is 10.6. The summed E-state index contributed by atoms with van der Waals surface area (Å²) >= 11 is 0. The summed E-state index contributed by atoms with van der Waals surface area (Å²) in [5, 5.41) is 15.0. The Balaban J connectivity index is 2.40. The van der Waals surface area contributed by atoms with Gasteiger partial charge in [0.05, 0.1) is 17.4 Å². The standard InChI is InChI=1S/C11H12N4O4S/c1-6-5-13-14-10(6)15-20(18,19)9-3-2-7(11(16)17)4-8(9)12/h2-5H,12H2,1H3,(H,16,17)(H2,13,14,15). The van der Waals surface area contributed by atoms with Crippen molar-refractivity contribution in [1.82, 2.24) is 10.2 Å². The van der Waals surface area contributed by atoms with Crippen LogP contribution in [-0.4, -0.2) is 29.7 Å². The Morgan fingerprint density at radius 1 is 1.45 bits per heavy atom. The highest BCUT2D eigenvalue weighted by atomic mass is 32.2. The number of anilines is 2. The van der Waals surface area contributed by atoms with E-state index in [-0.39, 0.29) is 22.0 Å². The molecule has 1 aromatic heterocycles. The molecule has 0 unspecified atom stereocenters. The van der Waals surface area contributed by atoms with Crippen molar-refractivity contribution in [3.63, 3.8) is 0 Å². The van der Waals surface area contributed by atoms with Crippen LogP contribution in [0.5, 0.6) is 0 Å². The maximum absolute atomic E-state index is 12.2. The number of H-pyrrole nitrogens is 1. The average Bonchev–Trinajstić information content (AvgIpc) is 2.73. The number of rotatable bonds is 4. The maximum atomic E-state index is 12.2. The van der Waals surface area contributed by atoms with E-state index >= 15 is 0 Å². The Bertz CT molecular complexity index is 766. The number of hydrogen-bond donors (Lipinski definition) is 4. The van der Waals surface area contributed by atoms with E-state index in [9.17, 15) is 13.2 Å². The zero-order chi connectivity index (χ0) is 14.9. The van der Waals surface area contributed by atoms with Crippen molar-refractivity contribution in [3.05, 3.63) is 35.5 Å². The maximum Gasteiger partial charge on any atom is 0.335 e. The molecule has 0 spiro atoms. The molecule has 8 nitrogen and oxygen atoms in total. The molecule has 106 valence electrons. The first-order valence-corrected chi connectivity index (χ1v) is 6.95. The lowest BCUT2D eigenvalue weighted by molar-refractivity contribution is 0.0697. The third-order valence-corrected chi connectivity index (χ3v) is 4.04. The Hall–Kier alpha value is -2.55. The van der Waals surface area contributed by atoms with Crippen molar-refractivity contribution < 1.29 is 18.3 Å². The summed E-state index contributed by atoms with van der Waals surface area (Å²) in [6.07, 6.45) is 1.47. The van der Waals surface area contributed by atoms with Crippen molar-refractivity contribution >= 4 is 27.5 Å². The molecular formula is C11H12N4O4S. The van der Waals surface area contributed by atoms with E-state index in [1.165, 1.54) is 12.3 Å². The van der Waals surface area contributed by atoms with E-state index in [4.69, 9.17) is 10.8 Å².